The maximum atomic E-state index is 13.2. The van der Waals surface area contributed by atoms with Gasteiger partial charge in [-0.3, -0.25) is 9.59 Å². The van der Waals surface area contributed by atoms with Crippen LogP contribution in [-0.4, -0.2) is 43.0 Å². The number of ketones is 1. The Hall–Kier alpha value is -3.32. The zero-order valence-corrected chi connectivity index (χ0v) is 18.7. The number of amides is 1. The van der Waals surface area contributed by atoms with Crippen LogP contribution in [0.1, 0.15) is 34.4 Å². The van der Waals surface area contributed by atoms with Crippen molar-refractivity contribution in [1.82, 2.24) is 4.57 Å². The van der Waals surface area contributed by atoms with Crippen molar-refractivity contribution < 1.29 is 23.6 Å². The van der Waals surface area contributed by atoms with E-state index in [9.17, 15) is 9.59 Å². The van der Waals surface area contributed by atoms with E-state index in [1.165, 1.54) is 0 Å². The summed E-state index contributed by atoms with van der Waals surface area (Å²) in [4.78, 5) is 26.5. The van der Waals surface area contributed by atoms with Crippen molar-refractivity contribution in [3.05, 3.63) is 71.4 Å². The van der Waals surface area contributed by atoms with Crippen LogP contribution in [-0.2, 0) is 11.3 Å². The quantitative estimate of drug-likeness (QED) is 0.518. The normalized spacial score (nSPS) is 12.9. The Balaban J connectivity index is 1.64. The van der Waals surface area contributed by atoms with Gasteiger partial charge in [0.1, 0.15) is 17.6 Å². The van der Waals surface area contributed by atoms with Crippen molar-refractivity contribution in [2.75, 3.05) is 26.0 Å². The summed E-state index contributed by atoms with van der Waals surface area (Å²) in [5.41, 5.74) is 3.28. The fourth-order valence-corrected chi connectivity index (χ4v) is 3.60. The van der Waals surface area contributed by atoms with Crippen molar-refractivity contribution in [3.63, 3.8) is 0 Å². The van der Waals surface area contributed by atoms with Crippen LogP contribution in [0, 0.1) is 13.8 Å². The number of aryl methyl sites for hydroxylation is 1. The highest BCUT2D eigenvalue weighted by molar-refractivity contribution is 6.00. The molecule has 2 atom stereocenters. The number of methoxy groups -OCH3 is 1. The summed E-state index contributed by atoms with van der Waals surface area (Å²) in [6, 6.07) is 12.5. The molecular weight excluding hydrogens is 394 g/mol. The number of quaternary nitrogens is 1. The largest absolute Gasteiger partial charge is 0.497 e. The minimum Gasteiger partial charge on any atom is -0.497 e. The van der Waals surface area contributed by atoms with Gasteiger partial charge in [-0.2, -0.15) is 0 Å². The summed E-state index contributed by atoms with van der Waals surface area (Å²) in [7, 11) is 3.46. The third kappa shape index (κ3) is 5.24. The van der Waals surface area contributed by atoms with Gasteiger partial charge in [0.05, 0.1) is 27.0 Å². The van der Waals surface area contributed by atoms with E-state index >= 15 is 0 Å². The molecule has 7 nitrogen and oxygen atoms in total. The Bertz CT molecular complexity index is 1040. The van der Waals surface area contributed by atoms with Gasteiger partial charge in [-0.25, -0.2) is 0 Å². The maximum Gasteiger partial charge on any atom is 0.279 e. The number of benzene rings is 1. The first-order valence-electron chi connectivity index (χ1n) is 10.3. The van der Waals surface area contributed by atoms with E-state index in [1.807, 2.05) is 46.0 Å². The van der Waals surface area contributed by atoms with Gasteiger partial charge >= 0.3 is 0 Å². The molecule has 0 bridgehead atoms. The van der Waals surface area contributed by atoms with Gasteiger partial charge in [-0.15, -0.1) is 0 Å². The van der Waals surface area contributed by atoms with Crippen LogP contribution in [0.15, 0.2) is 53.1 Å². The molecule has 0 aliphatic heterocycles. The van der Waals surface area contributed by atoms with Crippen LogP contribution in [0.2, 0.25) is 0 Å². The number of hydrogen-bond donors (Lipinski definition) is 2. The van der Waals surface area contributed by atoms with Crippen LogP contribution in [0.4, 0.5) is 5.69 Å². The molecule has 7 heteroatoms. The van der Waals surface area contributed by atoms with Gasteiger partial charge in [0.15, 0.2) is 6.54 Å². The number of ether oxygens (including phenoxy) is 1. The van der Waals surface area contributed by atoms with Crippen LogP contribution < -0.4 is 15.0 Å². The molecule has 164 valence electrons. The highest BCUT2D eigenvalue weighted by Crippen LogP contribution is 2.19. The molecule has 0 radical (unpaired) electrons. The number of Topliss-reactive ketones (excluding diaryl/α,β-unsaturated/α-hetero) is 1. The number of nitrogens with one attached hydrogen (secondary N) is 2. The fraction of sp³-hybridized carbons (Fsp3) is 0.333. The number of carbonyl (C=O) groups excluding carboxylic acids is 2. The fourth-order valence-electron chi connectivity index (χ4n) is 3.60. The zero-order chi connectivity index (χ0) is 22.5. The molecule has 0 saturated carbocycles. The van der Waals surface area contributed by atoms with Gasteiger partial charge in [0.25, 0.3) is 5.91 Å². The van der Waals surface area contributed by atoms with Crippen molar-refractivity contribution >= 4 is 17.4 Å². The van der Waals surface area contributed by atoms with Crippen molar-refractivity contribution in [2.45, 2.75) is 33.4 Å². The van der Waals surface area contributed by atoms with Crippen LogP contribution in [0.25, 0.3) is 0 Å². The van der Waals surface area contributed by atoms with E-state index in [4.69, 9.17) is 9.15 Å². The molecular formula is C24H30N3O4+. The molecule has 2 aromatic heterocycles. The van der Waals surface area contributed by atoms with E-state index in [1.54, 1.807) is 37.6 Å². The maximum absolute atomic E-state index is 13.2. The Kier molecular flexibility index (Phi) is 6.97. The lowest BCUT2D eigenvalue weighted by atomic mass is 10.0. The molecule has 1 aromatic carbocycles. The van der Waals surface area contributed by atoms with E-state index in [-0.39, 0.29) is 24.3 Å². The summed E-state index contributed by atoms with van der Waals surface area (Å²) in [5.74, 6) is 1.44. The Morgan fingerprint density at radius 2 is 1.90 bits per heavy atom. The second kappa shape index (κ2) is 9.66. The summed E-state index contributed by atoms with van der Waals surface area (Å²) >= 11 is 0. The average molecular weight is 425 g/mol. The summed E-state index contributed by atoms with van der Waals surface area (Å²) < 4.78 is 12.6. The number of rotatable bonds is 9. The highest BCUT2D eigenvalue weighted by atomic mass is 16.5. The van der Waals surface area contributed by atoms with Crippen molar-refractivity contribution in [2.24, 2.45) is 0 Å². The molecule has 0 fully saturated rings. The van der Waals surface area contributed by atoms with Gasteiger partial charge in [0.2, 0.25) is 5.78 Å². The molecule has 0 aliphatic rings. The monoisotopic (exact) mass is 424 g/mol. The number of anilines is 1. The first-order chi connectivity index (χ1) is 14.8. The van der Waals surface area contributed by atoms with Crippen LogP contribution in [0.3, 0.4) is 0 Å². The molecule has 1 amide bonds. The summed E-state index contributed by atoms with van der Waals surface area (Å²) in [5, 5.41) is 2.87. The Labute approximate surface area is 182 Å². The number of carbonyl (C=O) groups is 2. The Morgan fingerprint density at radius 1 is 1.19 bits per heavy atom. The van der Waals surface area contributed by atoms with Crippen LogP contribution >= 0.6 is 0 Å². The number of likely N-dealkylation sites (N-methyl/N-ethyl adjacent to an activating group) is 1. The Morgan fingerprint density at radius 3 is 2.52 bits per heavy atom. The molecule has 3 aromatic rings. The van der Waals surface area contributed by atoms with Gasteiger partial charge in [0, 0.05) is 22.6 Å². The minimum absolute atomic E-state index is 0.0218. The number of furan rings is 1. The molecule has 0 aliphatic carbocycles. The molecule has 0 spiro atoms. The van der Waals surface area contributed by atoms with Crippen LogP contribution in [0.5, 0.6) is 5.75 Å². The van der Waals surface area contributed by atoms with E-state index in [2.05, 4.69) is 9.88 Å². The van der Waals surface area contributed by atoms with Gasteiger partial charge < -0.3 is 23.9 Å². The predicted molar refractivity (Wildman–Crippen MR) is 119 cm³/mol. The molecule has 1 unspecified atom stereocenters. The van der Waals surface area contributed by atoms with Crippen molar-refractivity contribution in [1.29, 1.82) is 0 Å². The first kappa shape index (κ1) is 22.4. The second-order valence-corrected chi connectivity index (χ2v) is 7.84. The van der Waals surface area contributed by atoms with E-state index in [0.717, 1.165) is 27.8 Å². The minimum atomic E-state index is -0.362. The number of aromatic nitrogens is 1. The summed E-state index contributed by atoms with van der Waals surface area (Å²) in [6.45, 7) is 6.55. The molecule has 31 heavy (non-hydrogen) atoms. The zero-order valence-electron chi connectivity index (χ0n) is 18.7. The van der Waals surface area contributed by atoms with E-state index < -0.39 is 0 Å². The lowest BCUT2D eigenvalue weighted by Gasteiger charge is -2.20. The molecule has 3 rings (SSSR count). The predicted octanol–water partition coefficient (Wildman–Crippen LogP) is 2.48. The number of nitrogens with zero attached hydrogens (tertiary/aromatic N) is 1. The second-order valence-electron chi connectivity index (χ2n) is 7.84. The molecule has 2 heterocycles. The molecule has 0 saturated heterocycles. The summed E-state index contributed by atoms with van der Waals surface area (Å²) in [6.07, 6.45) is 1.65. The SMILES string of the molecule is COc1ccc(NC(=O)C[NH+](C)[C@H](C)C(=O)c2cc(C)n(Cc3ccco3)c2C)cc1. The topological polar surface area (TPSA) is 77.9 Å². The highest BCUT2D eigenvalue weighted by Gasteiger charge is 2.28. The standard InChI is InChI=1S/C24H29N3O4/c1-16-13-22(17(2)27(16)14-21-7-6-12-31-21)24(29)18(3)26(4)15-23(28)25-19-8-10-20(30-5)11-9-19/h6-13,18H,14-15H2,1-5H3,(H,25,28)/p+1/t18-/m1/s1. The lowest BCUT2D eigenvalue weighted by Crippen LogP contribution is -3.14. The van der Waals surface area contributed by atoms with E-state index in [0.29, 0.717) is 17.8 Å². The van der Waals surface area contributed by atoms with Gasteiger partial charge in [-0.1, -0.05) is 0 Å². The number of hydrogen-bond acceptors (Lipinski definition) is 4. The lowest BCUT2D eigenvalue weighted by molar-refractivity contribution is -0.885. The average Bonchev–Trinajstić information content (AvgIpc) is 3.37. The third-order valence-corrected chi connectivity index (χ3v) is 5.68. The first-order valence-corrected chi connectivity index (χ1v) is 10.3. The third-order valence-electron chi connectivity index (χ3n) is 5.68. The molecule has 2 N–H and O–H groups in total. The smallest absolute Gasteiger partial charge is 0.279 e. The van der Waals surface area contributed by atoms with Crippen molar-refractivity contribution in [3.8, 4) is 5.75 Å². The van der Waals surface area contributed by atoms with Gasteiger partial charge in [-0.05, 0) is 63.2 Å².